The van der Waals surface area contributed by atoms with Crippen LogP contribution in [0.3, 0.4) is 0 Å². The zero-order valence-corrected chi connectivity index (χ0v) is 12.2. The van der Waals surface area contributed by atoms with Gasteiger partial charge in [0.05, 0.1) is 23.0 Å². The SMILES string of the molecule is CNc1cc(S(=O)(=O)N(CCO)CCO)ccc1[N+](=O)[O-]. The topological polar surface area (TPSA) is 133 Å². The van der Waals surface area contributed by atoms with Crippen LogP contribution in [0.1, 0.15) is 0 Å². The van der Waals surface area contributed by atoms with Gasteiger partial charge >= 0.3 is 0 Å². The lowest BCUT2D eigenvalue weighted by Gasteiger charge is -2.20. The summed E-state index contributed by atoms with van der Waals surface area (Å²) in [6.45, 7) is -1.14. The molecule has 0 aliphatic carbocycles. The lowest BCUT2D eigenvalue weighted by atomic mass is 10.3. The second kappa shape index (κ2) is 7.31. The van der Waals surface area contributed by atoms with Crippen molar-refractivity contribution in [1.29, 1.82) is 0 Å². The van der Waals surface area contributed by atoms with E-state index in [9.17, 15) is 18.5 Å². The maximum Gasteiger partial charge on any atom is 0.292 e. The summed E-state index contributed by atoms with van der Waals surface area (Å²) in [5.74, 6) is 0. The molecule has 0 atom stereocenters. The van der Waals surface area contributed by atoms with E-state index in [0.29, 0.717) is 0 Å². The first-order chi connectivity index (χ1) is 9.88. The largest absolute Gasteiger partial charge is 0.395 e. The molecule has 0 radical (unpaired) electrons. The van der Waals surface area contributed by atoms with Crippen molar-refractivity contribution in [3.63, 3.8) is 0 Å². The highest BCUT2D eigenvalue weighted by Gasteiger charge is 2.26. The first-order valence-electron chi connectivity index (χ1n) is 6.06. The van der Waals surface area contributed by atoms with E-state index in [2.05, 4.69) is 5.32 Å². The van der Waals surface area contributed by atoms with Gasteiger partial charge < -0.3 is 15.5 Å². The Morgan fingerprint density at radius 2 is 1.86 bits per heavy atom. The summed E-state index contributed by atoms with van der Waals surface area (Å²) < 4.78 is 25.6. The number of nitro benzene ring substituents is 1. The third-order valence-electron chi connectivity index (χ3n) is 2.77. The normalized spacial score (nSPS) is 11.6. The van der Waals surface area contributed by atoms with Gasteiger partial charge in [0.25, 0.3) is 5.69 Å². The van der Waals surface area contributed by atoms with E-state index in [1.54, 1.807) is 0 Å². The summed E-state index contributed by atoms with van der Waals surface area (Å²) in [4.78, 5) is 10.0. The molecule has 0 fully saturated rings. The second-order valence-electron chi connectivity index (χ2n) is 4.04. The van der Waals surface area contributed by atoms with Gasteiger partial charge in [-0.2, -0.15) is 4.31 Å². The lowest BCUT2D eigenvalue weighted by Crippen LogP contribution is -2.35. The number of nitrogens with one attached hydrogen (secondary N) is 1. The van der Waals surface area contributed by atoms with Crippen molar-refractivity contribution in [3.05, 3.63) is 28.3 Å². The summed E-state index contributed by atoms with van der Waals surface area (Å²) in [5, 5.41) is 31.2. The Hall–Kier alpha value is -1.75. The highest BCUT2D eigenvalue weighted by Crippen LogP contribution is 2.28. The molecule has 0 aromatic heterocycles. The van der Waals surface area contributed by atoms with Crippen molar-refractivity contribution < 1.29 is 23.6 Å². The van der Waals surface area contributed by atoms with E-state index in [0.717, 1.165) is 22.5 Å². The van der Waals surface area contributed by atoms with Crippen LogP contribution in [0.25, 0.3) is 0 Å². The fourth-order valence-electron chi connectivity index (χ4n) is 1.76. The summed E-state index contributed by atoms with van der Waals surface area (Å²) in [5.41, 5.74) is -0.179. The predicted molar refractivity (Wildman–Crippen MR) is 75.6 cm³/mol. The number of nitrogens with zero attached hydrogens (tertiary/aromatic N) is 2. The molecule has 0 aliphatic rings. The fourth-order valence-corrected chi connectivity index (χ4v) is 3.21. The Morgan fingerprint density at radius 1 is 1.29 bits per heavy atom. The highest BCUT2D eigenvalue weighted by atomic mass is 32.2. The molecule has 0 unspecified atom stereocenters. The molecule has 0 saturated carbocycles. The fraction of sp³-hybridized carbons (Fsp3) is 0.455. The van der Waals surface area contributed by atoms with E-state index in [-0.39, 0.29) is 29.4 Å². The number of sulfonamides is 1. The number of hydrogen-bond donors (Lipinski definition) is 3. The van der Waals surface area contributed by atoms with Gasteiger partial charge in [0.2, 0.25) is 10.0 Å². The Balaban J connectivity index is 3.27. The van der Waals surface area contributed by atoms with Crippen LogP contribution in [-0.4, -0.2) is 61.2 Å². The second-order valence-corrected chi connectivity index (χ2v) is 5.98. The van der Waals surface area contributed by atoms with Crippen molar-refractivity contribution in [2.75, 3.05) is 38.7 Å². The van der Waals surface area contributed by atoms with E-state index in [1.165, 1.54) is 7.05 Å². The Kier molecular flexibility index (Phi) is 6.03. The zero-order valence-electron chi connectivity index (χ0n) is 11.4. The highest BCUT2D eigenvalue weighted by molar-refractivity contribution is 7.89. The van der Waals surface area contributed by atoms with Crippen LogP contribution in [-0.2, 0) is 10.0 Å². The molecule has 0 aliphatic heterocycles. The molecule has 1 aromatic rings. The van der Waals surface area contributed by atoms with E-state index in [1.807, 2.05) is 0 Å². The third kappa shape index (κ3) is 3.88. The number of rotatable bonds is 8. The van der Waals surface area contributed by atoms with Crippen LogP contribution in [0, 0.1) is 10.1 Å². The molecule has 0 heterocycles. The van der Waals surface area contributed by atoms with E-state index in [4.69, 9.17) is 10.2 Å². The molecule has 21 heavy (non-hydrogen) atoms. The molecule has 3 N–H and O–H groups in total. The monoisotopic (exact) mass is 319 g/mol. The summed E-state index contributed by atoms with van der Waals surface area (Å²) >= 11 is 0. The molecule has 1 aromatic carbocycles. The molecule has 0 amide bonds. The van der Waals surface area contributed by atoms with Gasteiger partial charge in [-0.3, -0.25) is 10.1 Å². The van der Waals surface area contributed by atoms with E-state index >= 15 is 0 Å². The number of hydrogen-bond acceptors (Lipinski definition) is 7. The van der Waals surface area contributed by atoms with Crippen molar-refractivity contribution >= 4 is 21.4 Å². The minimum absolute atomic E-state index is 0.0639. The van der Waals surface area contributed by atoms with Crippen LogP contribution >= 0.6 is 0 Å². The predicted octanol–water partition coefficient (Wildman–Crippen LogP) is -0.388. The summed E-state index contributed by atoms with van der Waals surface area (Å²) in [6, 6.07) is 3.36. The standard InChI is InChI=1S/C11H17N3O6S/c1-12-10-8-9(2-3-11(10)14(17)18)21(19,20)13(4-6-15)5-7-16/h2-3,8,12,15-16H,4-7H2,1H3. The van der Waals surface area contributed by atoms with Gasteiger partial charge in [-0.15, -0.1) is 0 Å². The van der Waals surface area contributed by atoms with Gasteiger partial charge in [0.1, 0.15) is 5.69 Å². The molecule has 1 rings (SSSR count). The quantitative estimate of drug-likeness (QED) is 0.439. The first kappa shape index (κ1) is 17.3. The molecule has 10 heteroatoms. The average Bonchev–Trinajstić information content (AvgIpc) is 2.46. The van der Waals surface area contributed by atoms with Crippen molar-refractivity contribution in [2.45, 2.75) is 4.90 Å². The van der Waals surface area contributed by atoms with Crippen LogP contribution in [0.2, 0.25) is 0 Å². The number of benzene rings is 1. The molecular weight excluding hydrogens is 302 g/mol. The smallest absolute Gasteiger partial charge is 0.292 e. The van der Waals surface area contributed by atoms with Crippen LogP contribution in [0.5, 0.6) is 0 Å². The Morgan fingerprint density at radius 3 is 2.29 bits per heavy atom. The van der Waals surface area contributed by atoms with Gasteiger partial charge in [-0.05, 0) is 12.1 Å². The van der Waals surface area contributed by atoms with Crippen molar-refractivity contribution in [1.82, 2.24) is 4.31 Å². The molecular formula is C11H17N3O6S. The maximum atomic E-state index is 12.4. The van der Waals surface area contributed by atoms with Gasteiger partial charge in [0, 0.05) is 26.2 Å². The molecule has 0 saturated heterocycles. The number of nitro groups is 1. The maximum absolute atomic E-state index is 12.4. The number of aliphatic hydroxyl groups excluding tert-OH is 2. The minimum atomic E-state index is -3.95. The van der Waals surface area contributed by atoms with Crippen molar-refractivity contribution in [2.24, 2.45) is 0 Å². The van der Waals surface area contributed by atoms with Crippen LogP contribution < -0.4 is 5.32 Å². The van der Waals surface area contributed by atoms with Gasteiger partial charge in [-0.1, -0.05) is 0 Å². The van der Waals surface area contributed by atoms with Crippen molar-refractivity contribution in [3.8, 4) is 0 Å². The lowest BCUT2D eigenvalue weighted by molar-refractivity contribution is -0.384. The Labute approximate surface area is 122 Å². The summed E-state index contributed by atoms with van der Waals surface area (Å²) in [7, 11) is -2.51. The first-order valence-corrected chi connectivity index (χ1v) is 7.50. The van der Waals surface area contributed by atoms with Gasteiger partial charge in [0.15, 0.2) is 0 Å². The Bertz CT molecular complexity index is 598. The zero-order chi connectivity index (χ0) is 16.0. The molecule has 0 bridgehead atoms. The van der Waals surface area contributed by atoms with Crippen LogP contribution in [0.15, 0.2) is 23.1 Å². The summed E-state index contributed by atoms with van der Waals surface area (Å²) in [6.07, 6.45) is 0. The van der Waals surface area contributed by atoms with Crippen LogP contribution in [0.4, 0.5) is 11.4 Å². The van der Waals surface area contributed by atoms with E-state index < -0.39 is 28.2 Å². The molecule has 9 nitrogen and oxygen atoms in total. The third-order valence-corrected chi connectivity index (χ3v) is 4.67. The number of anilines is 1. The molecule has 0 spiro atoms. The number of aliphatic hydroxyl groups is 2. The average molecular weight is 319 g/mol. The van der Waals surface area contributed by atoms with Gasteiger partial charge in [-0.25, -0.2) is 8.42 Å². The minimum Gasteiger partial charge on any atom is -0.395 e. The molecule has 118 valence electrons.